The molecular formula is C23H33N3O3S. The zero-order valence-electron chi connectivity index (χ0n) is 18.0. The van der Waals surface area contributed by atoms with E-state index in [0.29, 0.717) is 12.5 Å². The number of nitrogens with one attached hydrogen (secondary N) is 1. The molecule has 1 fully saturated rings. The molecule has 7 heteroatoms. The standard InChI is InChI=1S/C23H33N3O3S/c1-3-19-15-20-11-14-22(25-30(2,27)28)23(26(20)24-19)16-29-21-12-9-18(10-13-21)17-7-5-4-6-8-17/h4-8,15,18,21-23,25H,3,9-14,16H2,1-2H3/t18-,21+,22-,23-/m0/s1. The van der Waals surface area contributed by atoms with Crippen molar-refractivity contribution in [2.75, 3.05) is 12.9 Å². The van der Waals surface area contributed by atoms with Crippen LogP contribution in [0.5, 0.6) is 0 Å². The Bertz CT molecular complexity index is 934. The van der Waals surface area contributed by atoms with E-state index in [9.17, 15) is 8.42 Å². The number of sulfonamides is 1. The maximum Gasteiger partial charge on any atom is 0.209 e. The van der Waals surface area contributed by atoms with Gasteiger partial charge in [-0.15, -0.1) is 0 Å². The van der Waals surface area contributed by atoms with Gasteiger partial charge in [-0.1, -0.05) is 37.3 Å². The molecule has 1 aliphatic heterocycles. The maximum absolute atomic E-state index is 11.9. The van der Waals surface area contributed by atoms with Gasteiger partial charge in [0.1, 0.15) is 0 Å². The molecule has 1 aliphatic carbocycles. The van der Waals surface area contributed by atoms with Gasteiger partial charge in [-0.3, -0.25) is 4.68 Å². The average molecular weight is 432 g/mol. The average Bonchev–Trinajstić information content (AvgIpc) is 3.16. The summed E-state index contributed by atoms with van der Waals surface area (Å²) in [5.41, 5.74) is 3.66. The van der Waals surface area contributed by atoms with Gasteiger partial charge in [0.25, 0.3) is 0 Å². The second-order valence-corrected chi connectivity index (χ2v) is 10.5. The predicted molar refractivity (Wildman–Crippen MR) is 118 cm³/mol. The molecule has 2 aliphatic rings. The summed E-state index contributed by atoms with van der Waals surface area (Å²) in [5.74, 6) is 0.616. The molecule has 2 atom stereocenters. The second-order valence-electron chi connectivity index (χ2n) is 8.75. The van der Waals surface area contributed by atoms with E-state index in [1.165, 1.54) is 17.5 Å². The van der Waals surface area contributed by atoms with Gasteiger partial charge in [-0.25, -0.2) is 13.1 Å². The van der Waals surface area contributed by atoms with Crippen LogP contribution < -0.4 is 4.72 Å². The van der Waals surface area contributed by atoms with Gasteiger partial charge in [0.05, 0.1) is 30.7 Å². The van der Waals surface area contributed by atoms with Crippen molar-refractivity contribution in [3.8, 4) is 0 Å². The Balaban J connectivity index is 1.40. The highest BCUT2D eigenvalue weighted by molar-refractivity contribution is 7.88. The number of nitrogens with zero attached hydrogens (tertiary/aromatic N) is 2. The van der Waals surface area contributed by atoms with Crippen molar-refractivity contribution >= 4 is 10.0 Å². The summed E-state index contributed by atoms with van der Waals surface area (Å²) in [6.07, 6.45) is 8.30. The van der Waals surface area contributed by atoms with E-state index >= 15 is 0 Å². The summed E-state index contributed by atoms with van der Waals surface area (Å²) >= 11 is 0. The maximum atomic E-state index is 11.9. The van der Waals surface area contributed by atoms with E-state index in [1.807, 2.05) is 4.68 Å². The lowest BCUT2D eigenvalue weighted by Crippen LogP contribution is -2.46. The van der Waals surface area contributed by atoms with Crippen LogP contribution in [0.2, 0.25) is 0 Å². The highest BCUT2D eigenvalue weighted by Gasteiger charge is 2.34. The van der Waals surface area contributed by atoms with Crippen molar-refractivity contribution in [3.63, 3.8) is 0 Å². The lowest BCUT2D eigenvalue weighted by Gasteiger charge is -2.35. The van der Waals surface area contributed by atoms with E-state index in [1.54, 1.807) is 0 Å². The Kier molecular flexibility index (Phi) is 6.60. The molecule has 164 valence electrons. The van der Waals surface area contributed by atoms with Crippen LogP contribution in [0.4, 0.5) is 0 Å². The van der Waals surface area contributed by atoms with Crippen molar-refractivity contribution in [2.45, 2.75) is 76.0 Å². The SMILES string of the molecule is CCc1cc2n(n1)[C@@H](CO[C@H]1CC[C@@H](c3ccccc3)CC1)[C@@H](NS(C)(=O)=O)CC2. The third-order valence-corrected chi connectivity index (χ3v) is 7.26. The van der Waals surface area contributed by atoms with Crippen LogP contribution in [0.25, 0.3) is 0 Å². The molecule has 1 aromatic carbocycles. The fourth-order valence-electron chi connectivity index (χ4n) is 4.92. The lowest BCUT2D eigenvalue weighted by molar-refractivity contribution is -0.00334. The normalized spacial score (nSPS) is 27.0. The lowest BCUT2D eigenvalue weighted by atomic mass is 9.83. The van der Waals surface area contributed by atoms with E-state index in [0.717, 1.165) is 50.6 Å². The molecule has 0 saturated heterocycles. The Morgan fingerprint density at radius 2 is 1.87 bits per heavy atom. The van der Waals surface area contributed by atoms with Crippen molar-refractivity contribution in [1.29, 1.82) is 0 Å². The molecule has 0 spiro atoms. The van der Waals surface area contributed by atoms with E-state index in [2.05, 4.69) is 48.0 Å². The molecule has 0 unspecified atom stereocenters. The molecular weight excluding hydrogens is 398 g/mol. The Morgan fingerprint density at radius 3 is 2.53 bits per heavy atom. The van der Waals surface area contributed by atoms with Gasteiger partial charge in [0, 0.05) is 11.7 Å². The summed E-state index contributed by atoms with van der Waals surface area (Å²) in [5, 5.41) is 4.75. The first-order chi connectivity index (χ1) is 14.4. The van der Waals surface area contributed by atoms with Crippen molar-refractivity contribution < 1.29 is 13.2 Å². The van der Waals surface area contributed by atoms with Crippen LogP contribution in [-0.4, -0.2) is 43.2 Å². The van der Waals surface area contributed by atoms with Gasteiger partial charge in [-0.05, 0) is 62.5 Å². The number of rotatable bonds is 7. The van der Waals surface area contributed by atoms with Gasteiger partial charge in [-0.2, -0.15) is 5.10 Å². The third-order valence-electron chi connectivity index (χ3n) is 6.53. The minimum Gasteiger partial charge on any atom is -0.376 e. The van der Waals surface area contributed by atoms with Crippen LogP contribution in [0.1, 0.15) is 67.9 Å². The largest absolute Gasteiger partial charge is 0.376 e. The van der Waals surface area contributed by atoms with Gasteiger partial charge >= 0.3 is 0 Å². The third kappa shape index (κ3) is 5.13. The number of aryl methyl sites for hydroxylation is 2. The van der Waals surface area contributed by atoms with Crippen LogP contribution in [0.15, 0.2) is 36.4 Å². The van der Waals surface area contributed by atoms with Gasteiger partial charge in [0.2, 0.25) is 10.0 Å². The highest BCUT2D eigenvalue weighted by Crippen LogP contribution is 2.35. The number of fused-ring (bicyclic) bond motifs is 1. The van der Waals surface area contributed by atoms with Crippen LogP contribution >= 0.6 is 0 Å². The van der Waals surface area contributed by atoms with E-state index in [-0.39, 0.29) is 18.2 Å². The van der Waals surface area contributed by atoms with E-state index in [4.69, 9.17) is 9.84 Å². The van der Waals surface area contributed by atoms with Crippen molar-refractivity contribution in [3.05, 3.63) is 53.3 Å². The molecule has 1 aromatic heterocycles. The minimum absolute atomic E-state index is 0.101. The molecule has 4 rings (SSSR count). The number of ether oxygens (including phenoxy) is 1. The number of hydrogen-bond acceptors (Lipinski definition) is 4. The van der Waals surface area contributed by atoms with Crippen LogP contribution in [-0.2, 0) is 27.6 Å². The first-order valence-corrected chi connectivity index (χ1v) is 13.0. The molecule has 2 aromatic rings. The predicted octanol–water partition coefficient (Wildman–Crippen LogP) is 3.59. The summed E-state index contributed by atoms with van der Waals surface area (Å²) < 4.78 is 35.0. The zero-order valence-corrected chi connectivity index (χ0v) is 18.8. The summed E-state index contributed by atoms with van der Waals surface area (Å²) in [4.78, 5) is 0. The highest BCUT2D eigenvalue weighted by atomic mass is 32.2. The Morgan fingerprint density at radius 1 is 1.13 bits per heavy atom. The molecule has 0 radical (unpaired) electrons. The molecule has 30 heavy (non-hydrogen) atoms. The molecule has 0 bridgehead atoms. The summed E-state index contributed by atoms with van der Waals surface area (Å²) in [6, 6.07) is 12.6. The van der Waals surface area contributed by atoms with Crippen LogP contribution in [0.3, 0.4) is 0 Å². The van der Waals surface area contributed by atoms with Gasteiger partial charge < -0.3 is 4.74 Å². The molecule has 1 N–H and O–H groups in total. The van der Waals surface area contributed by atoms with Crippen molar-refractivity contribution in [1.82, 2.24) is 14.5 Å². The smallest absolute Gasteiger partial charge is 0.209 e. The van der Waals surface area contributed by atoms with E-state index < -0.39 is 10.0 Å². The molecule has 2 heterocycles. The summed E-state index contributed by atoms with van der Waals surface area (Å²) in [7, 11) is -3.29. The molecule has 0 amide bonds. The van der Waals surface area contributed by atoms with Crippen LogP contribution in [0, 0.1) is 0 Å². The first-order valence-electron chi connectivity index (χ1n) is 11.1. The number of aromatic nitrogens is 2. The van der Waals surface area contributed by atoms with Gasteiger partial charge in [0.15, 0.2) is 0 Å². The topological polar surface area (TPSA) is 73.2 Å². The Labute approximate surface area is 180 Å². The van der Waals surface area contributed by atoms with Crippen molar-refractivity contribution in [2.24, 2.45) is 0 Å². The first kappa shape index (κ1) is 21.5. The molecule has 6 nitrogen and oxygen atoms in total. The fourth-order valence-corrected chi connectivity index (χ4v) is 5.75. The number of benzene rings is 1. The minimum atomic E-state index is -3.29. The number of hydrogen-bond donors (Lipinski definition) is 1. The monoisotopic (exact) mass is 431 g/mol. The second kappa shape index (κ2) is 9.20. The summed E-state index contributed by atoms with van der Waals surface area (Å²) in [6.45, 7) is 2.59. The Hall–Kier alpha value is -1.70. The zero-order chi connectivity index (χ0) is 21.1. The molecule has 1 saturated carbocycles. The quantitative estimate of drug-likeness (QED) is 0.727. The fraction of sp³-hybridized carbons (Fsp3) is 0.609.